The van der Waals surface area contributed by atoms with Crippen LogP contribution in [0.15, 0.2) is 34.5 Å². The Morgan fingerprint density at radius 3 is 2.53 bits per heavy atom. The molecule has 6 heteroatoms. The van der Waals surface area contributed by atoms with E-state index in [2.05, 4.69) is 10.2 Å². The smallest absolute Gasteiger partial charge is 0.269 e. The highest BCUT2D eigenvalue weighted by Crippen LogP contribution is 2.18. The first kappa shape index (κ1) is 13.0. The van der Waals surface area contributed by atoms with Gasteiger partial charge >= 0.3 is 0 Å². The van der Waals surface area contributed by atoms with Crippen LogP contribution in [0.3, 0.4) is 0 Å². The quantitative estimate of drug-likeness (QED) is 0.239. The van der Waals surface area contributed by atoms with Crippen molar-refractivity contribution in [3.05, 3.63) is 34.4 Å². The van der Waals surface area contributed by atoms with E-state index < -0.39 is 4.92 Å². The summed E-state index contributed by atoms with van der Waals surface area (Å²) in [5.41, 5.74) is 0.626. The molecular weight excluding hydrogens is 222 g/mol. The maximum atomic E-state index is 10.4. The normalized spacial score (nSPS) is 10.6. The number of carbonyl (C=O) groups is 1. The molecule has 0 saturated heterocycles. The van der Waals surface area contributed by atoms with Crippen LogP contribution in [0, 0.1) is 10.1 Å². The third-order valence-corrected chi connectivity index (χ3v) is 2.08. The maximum Gasteiger partial charge on any atom is 0.269 e. The van der Waals surface area contributed by atoms with Gasteiger partial charge in [0.15, 0.2) is 0 Å². The molecule has 0 aromatic heterocycles. The van der Waals surface area contributed by atoms with Crippen molar-refractivity contribution < 1.29 is 9.72 Å². The van der Waals surface area contributed by atoms with Gasteiger partial charge in [-0.25, -0.2) is 0 Å². The largest absolute Gasteiger partial charge is 0.303 e. The van der Waals surface area contributed by atoms with Gasteiger partial charge in [0.2, 0.25) is 0 Å². The van der Waals surface area contributed by atoms with E-state index in [1.54, 1.807) is 12.1 Å². The van der Waals surface area contributed by atoms with Crippen LogP contribution >= 0.6 is 0 Å². The molecule has 0 aliphatic rings. The van der Waals surface area contributed by atoms with Crippen LogP contribution in [-0.2, 0) is 4.79 Å². The third-order valence-electron chi connectivity index (χ3n) is 2.08. The number of benzene rings is 1. The van der Waals surface area contributed by atoms with Gasteiger partial charge in [0.05, 0.1) is 17.2 Å². The Bertz CT molecular complexity index is 401. The molecule has 0 heterocycles. The van der Waals surface area contributed by atoms with Gasteiger partial charge in [-0.3, -0.25) is 10.1 Å². The van der Waals surface area contributed by atoms with Crippen LogP contribution in [0.1, 0.15) is 19.3 Å². The number of aldehydes is 1. The number of carbonyl (C=O) groups excluding carboxylic acids is 1. The van der Waals surface area contributed by atoms with Gasteiger partial charge in [-0.2, -0.15) is 10.2 Å². The van der Waals surface area contributed by atoms with Gasteiger partial charge in [0.25, 0.3) is 5.69 Å². The molecule has 0 amide bonds. The minimum atomic E-state index is -0.458. The van der Waals surface area contributed by atoms with Gasteiger partial charge in [-0.1, -0.05) is 0 Å². The van der Waals surface area contributed by atoms with Gasteiger partial charge < -0.3 is 4.79 Å². The van der Waals surface area contributed by atoms with Gasteiger partial charge in [0, 0.05) is 18.6 Å². The Balaban J connectivity index is 2.38. The summed E-state index contributed by atoms with van der Waals surface area (Å²) < 4.78 is 0. The average molecular weight is 235 g/mol. The molecule has 0 atom stereocenters. The van der Waals surface area contributed by atoms with E-state index >= 15 is 0 Å². The van der Waals surface area contributed by atoms with Crippen molar-refractivity contribution in [2.24, 2.45) is 10.2 Å². The molecule has 0 saturated carbocycles. The number of nitrogens with zero attached hydrogens (tertiary/aromatic N) is 3. The minimum absolute atomic E-state index is 0.0370. The summed E-state index contributed by atoms with van der Waals surface area (Å²) in [6.45, 7) is 0.560. The van der Waals surface area contributed by atoms with Crippen molar-refractivity contribution in [1.29, 1.82) is 0 Å². The third kappa shape index (κ3) is 4.96. The summed E-state index contributed by atoms with van der Waals surface area (Å²) in [4.78, 5) is 20.0. The second-order valence-electron chi connectivity index (χ2n) is 3.40. The molecule has 90 valence electrons. The zero-order valence-electron chi connectivity index (χ0n) is 9.28. The van der Waals surface area contributed by atoms with Crippen LogP contribution in [-0.4, -0.2) is 17.8 Å². The monoisotopic (exact) mass is 235 g/mol. The summed E-state index contributed by atoms with van der Waals surface area (Å²) in [7, 11) is 0. The van der Waals surface area contributed by atoms with Crippen molar-refractivity contribution >= 4 is 17.7 Å². The predicted molar refractivity (Wildman–Crippen MR) is 62.4 cm³/mol. The molecule has 1 aromatic rings. The lowest BCUT2D eigenvalue weighted by atomic mass is 10.2. The lowest BCUT2D eigenvalue weighted by molar-refractivity contribution is -0.384. The fourth-order valence-electron chi connectivity index (χ4n) is 1.18. The SMILES string of the molecule is O=CCCCCN=Nc1ccc([N+](=O)[O-])cc1. The van der Waals surface area contributed by atoms with Gasteiger partial charge in [-0.15, -0.1) is 0 Å². The van der Waals surface area contributed by atoms with Crippen LogP contribution in [0.25, 0.3) is 0 Å². The van der Waals surface area contributed by atoms with E-state index in [-0.39, 0.29) is 5.69 Å². The molecule has 1 rings (SSSR count). The average Bonchev–Trinajstić information content (AvgIpc) is 2.34. The highest BCUT2D eigenvalue weighted by Gasteiger charge is 2.02. The minimum Gasteiger partial charge on any atom is -0.303 e. The first-order valence-corrected chi connectivity index (χ1v) is 5.29. The molecule has 0 N–H and O–H groups in total. The molecule has 0 fully saturated rings. The van der Waals surface area contributed by atoms with E-state index in [9.17, 15) is 14.9 Å². The van der Waals surface area contributed by atoms with Crippen molar-refractivity contribution in [3.63, 3.8) is 0 Å². The van der Waals surface area contributed by atoms with Crippen LogP contribution in [0.2, 0.25) is 0 Å². The lowest BCUT2D eigenvalue weighted by Gasteiger charge is -1.93. The summed E-state index contributed by atoms with van der Waals surface area (Å²) in [5.74, 6) is 0. The Kier molecular flexibility index (Phi) is 5.50. The molecule has 0 unspecified atom stereocenters. The van der Waals surface area contributed by atoms with Gasteiger partial charge in [0.1, 0.15) is 6.29 Å². The molecule has 0 aliphatic carbocycles. The number of nitro groups is 1. The van der Waals surface area contributed by atoms with Crippen LogP contribution in [0.4, 0.5) is 11.4 Å². The number of nitro benzene ring substituents is 1. The van der Waals surface area contributed by atoms with E-state index in [1.165, 1.54) is 12.1 Å². The molecule has 0 aliphatic heterocycles. The molecular formula is C11H13N3O3. The number of non-ortho nitro benzene ring substituents is 1. The molecule has 0 bridgehead atoms. The van der Waals surface area contributed by atoms with Crippen molar-refractivity contribution in [2.45, 2.75) is 19.3 Å². The molecule has 1 aromatic carbocycles. The van der Waals surface area contributed by atoms with E-state index in [1.807, 2.05) is 0 Å². The van der Waals surface area contributed by atoms with E-state index in [4.69, 9.17) is 0 Å². The lowest BCUT2D eigenvalue weighted by Crippen LogP contribution is -1.85. The van der Waals surface area contributed by atoms with Crippen LogP contribution < -0.4 is 0 Å². The highest BCUT2D eigenvalue weighted by molar-refractivity contribution is 5.48. The van der Waals surface area contributed by atoms with E-state index in [0.29, 0.717) is 18.7 Å². The highest BCUT2D eigenvalue weighted by atomic mass is 16.6. The topological polar surface area (TPSA) is 84.9 Å². The number of unbranched alkanes of at least 4 members (excludes halogenated alkanes) is 2. The molecule has 6 nitrogen and oxygen atoms in total. The predicted octanol–water partition coefficient (Wildman–Crippen LogP) is 3.05. The Hall–Kier alpha value is -2.11. The first-order valence-electron chi connectivity index (χ1n) is 5.29. The first-order chi connectivity index (χ1) is 8.24. The van der Waals surface area contributed by atoms with Crippen LogP contribution in [0.5, 0.6) is 0 Å². The van der Waals surface area contributed by atoms with Crippen molar-refractivity contribution in [3.8, 4) is 0 Å². The molecule has 17 heavy (non-hydrogen) atoms. The number of azo groups is 1. The molecule has 0 radical (unpaired) electrons. The van der Waals surface area contributed by atoms with Gasteiger partial charge in [-0.05, 0) is 25.0 Å². The summed E-state index contributed by atoms with van der Waals surface area (Å²) in [5, 5.41) is 18.2. The summed E-state index contributed by atoms with van der Waals surface area (Å²) in [6, 6.07) is 5.88. The number of hydrogen-bond donors (Lipinski definition) is 0. The maximum absolute atomic E-state index is 10.4. The fraction of sp³-hybridized carbons (Fsp3) is 0.364. The Morgan fingerprint density at radius 1 is 1.24 bits per heavy atom. The number of rotatable bonds is 7. The Morgan fingerprint density at radius 2 is 1.94 bits per heavy atom. The summed E-state index contributed by atoms with van der Waals surface area (Å²) >= 11 is 0. The number of hydrogen-bond acceptors (Lipinski definition) is 5. The van der Waals surface area contributed by atoms with Crippen molar-refractivity contribution in [2.75, 3.05) is 6.54 Å². The fourth-order valence-corrected chi connectivity index (χ4v) is 1.18. The van der Waals surface area contributed by atoms with E-state index in [0.717, 1.165) is 19.1 Å². The standard InChI is InChI=1S/C11H13N3O3/c15-9-3-1-2-8-12-13-10-4-6-11(7-5-10)14(16)17/h4-7,9H,1-3,8H2. The summed E-state index contributed by atoms with van der Waals surface area (Å²) in [6.07, 6.45) is 3.05. The second kappa shape index (κ2) is 7.21. The molecule has 0 spiro atoms. The zero-order chi connectivity index (χ0) is 12.5. The van der Waals surface area contributed by atoms with Crippen molar-refractivity contribution in [1.82, 2.24) is 0 Å². The zero-order valence-corrected chi connectivity index (χ0v) is 9.28. The second-order valence-corrected chi connectivity index (χ2v) is 3.40. The Labute approximate surface area is 98.5 Å².